The van der Waals surface area contributed by atoms with Gasteiger partial charge >= 0.3 is 5.97 Å². The zero-order chi connectivity index (χ0) is 19.9. The third kappa shape index (κ3) is 4.43. The summed E-state index contributed by atoms with van der Waals surface area (Å²) in [6, 6.07) is 19.1. The van der Waals surface area contributed by atoms with E-state index in [9.17, 15) is 14.0 Å². The molecule has 0 aliphatic heterocycles. The number of carbonyl (C=O) groups is 2. The highest BCUT2D eigenvalue weighted by molar-refractivity contribution is 5.96. The van der Waals surface area contributed by atoms with Gasteiger partial charge in [-0.3, -0.25) is 9.69 Å². The van der Waals surface area contributed by atoms with Crippen LogP contribution in [0.5, 0.6) is 0 Å². The van der Waals surface area contributed by atoms with Gasteiger partial charge in [-0.05, 0) is 48.5 Å². The Bertz CT molecular complexity index is 1010. The van der Waals surface area contributed by atoms with Crippen molar-refractivity contribution in [2.75, 3.05) is 18.1 Å². The number of carbonyl (C=O) groups excluding carboxylic acids is 2. The molecule has 3 aromatic rings. The summed E-state index contributed by atoms with van der Waals surface area (Å²) in [5, 5.41) is 8.94. The monoisotopic (exact) mass is 378 g/mol. The molecule has 6 nitrogen and oxygen atoms in total. The molecule has 28 heavy (non-hydrogen) atoms. The minimum atomic E-state index is -0.813. The van der Waals surface area contributed by atoms with Gasteiger partial charge in [-0.25, -0.2) is 9.18 Å². The maximum atomic E-state index is 13.0. The summed E-state index contributed by atoms with van der Waals surface area (Å²) in [4.78, 5) is 25.7. The topological polar surface area (TPSA) is 83.5 Å². The molecule has 3 rings (SSSR count). The van der Waals surface area contributed by atoms with Crippen molar-refractivity contribution in [3.8, 4) is 17.4 Å². The number of benzene rings is 2. The van der Waals surface area contributed by atoms with Crippen molar-refractivity contribution in [1.82, 2.24) is 0 Å². The van der Waals surface area contributed by atoms with Crippen molar-refractivity contribution < 1.29 is 23.1 Å². The van der Waals surface area contributed by atoms with Crippen LogP contribution in [0.3, 0.4) is 0 Å². The van der Waals surface area contributed by atoms with Gasteiger partial charge in [-0.15, -0.1) is 0 Å². The standard InChI is InChI=1S/C21H15FN2O4/c22-16-8-6-15(7-9-16)18-10-11-19(28-18)21(26)27-14-20(25)24(13-12-23)17-4-2-1-3-5-17/h1-11H,13-14H2. The van der Waals surface area contributed by atoms with E-state index in [0.29, 0.717) is 17.0 Å². The predicted octanol–water partition coefficient (Wildman–Crippen LogP) is 3.80. The van der Waals surface area contributed by atoms with E-state index in [-0.39, 0.29) is 18.1 Å². The smallest absolute Gasteiger partial charge is 0.374 e. The van der Waals surface area contributed by atoms with Gasteiger partial charge in [0, 0.05) is 11.3 Å². The van der Waals surface area contributed by atoms with Crippen LogP contribution in [0.2, 0.25) is 0 Å². The molecule has 0 aliphatic rings. The third-order valence-corrected chi connectivity index (χ3v) is 3.86. The van der Waals surface area contributed by atoms with Gasteiger partial charge in [0.25, 0.3) is 5.91 Å². The first-order chi connectivity index (χ1) is 13.6. The fourth-order valence-electron chi connectivity index (χ4n) is 2.50. The number of amides is 1. The Morgan fingerprint density at radius 1 is 1.04 bits per heavy atom. The molecule has 0 atom stereocenters. The van der Waals surface area contributed by atoms with E-state index in [1.165, 1.54) is 35.2 Å². The van der Waals surface area contributed by atoms with Crippen LogP contribution in [0, 0.1) is 17.1 Å². The number of ether oxygens (including phenoxy) is 1. The summed E-state index contributed by atoms with van der Waals surface area (Å²) in [6.45, 7) is -0.710. The van der Waals surface area contributed by atoms with E-state index in [1.807, 2.05) is 6.07 Å². The second kappa shape index (κ2) is 8.64. The van der Waals surface area contributed by atoms with Gasteiger partial charge in [0.15, 0.2) is 6.61 Å². The third-order valence-electron chi connectivity index (χ3n) is 3.86. The normalized spacial score (nSPS) is 10.1. The summed E-state index contributed by atoms with van der Waals surface area (Å²) < 4.78 is 23.4. The Morgan fingerprint density at radius 3 is 2.43 bits per heavy atom. The molecule has 0 spiro atoms. The lowest BCUT2D eigenvalue weighted by Crippen LogP contribution is -2.35. The van der Waals surface area contributed by atoms with Crippen molar-refractivity contribution >= 4 is 17.6 Å². The number of nitrogens with zero attached hydrogens (tertiary/aromatic N) is 2. The highest BCUT2D eigenvalue weighted by atomic mass is 19.1. The second-order valence-corrected chi connectivity index (χ2v) is 5.72. The van der Waals surface area contributed by atoms with Crippen molar-refractivity contribution in [3.05, 3.63) is 78.3 Å². The lowest BCUT2D eigenvalue weighted by atomic mass is 10.2. The SMILES string of the molecule is N#CCN(C(=O)COC(=O)c1ccc(-c2ccc(F)cc2)o1)c1ccccc1. The van der Waals surface area contributed by atoms with Gasteiger partial charge in [-0.2, -0.15) is 5.26 Å². The molecular weight excluding hydrogens is 363 g/mol. The molecule has 0 aliphatic carbocycles. The molecule has 7 heteroatoms. The van der Waals surface area contributed by atoms with E-state index >= 15 is 0 Å². The number of para-hydroxylation sites is 1. The first kappa shape index (κ1) is 18.9. The molecular formula is C21H15FN2O4. The summed E-state index contributed by atoms with van der Waals surface area (Å²) in [5.41, 5.74) is 1.13. The van der Waals surface area contributed by atoms with E-state index in [1.54, 1.807) is 36.4 Å². The van der Waals surface area contributed by atoms with Gasteiger partial charge in [0.2, 0.25) is 5.76 Å². The summed E-state index contributed by atoms with van der Waals surface area (Å²) >= 11 is 0. The Hall–Kier alpha value is -3.92. The van der Waals surface area contributed by atoms with Gasteiger partial charge in [-0.1, -0.05) is 18.2 Å². The van der Waals surface area contributed by atoms with E-state index < -0.39 is 18.5 Å². The fourth-order valence-corrected chi connectivity index (χ4v) is 2.50. The number of hydrogen-bond donors (Lipinski definition) is 0. The maximum Gasteiger partial charge on any atom is 0.374 e. The van der Waals surface area contributed by atoms with Crippen molar-refractivity contribution in [3.63, 3.8) is 0 Å². The minimum absolute atomic E-state index is 0.0846. The Morgan fingerprint density at radius 2 is 1.75 bits per heavy atom. The Labute approximate surface area is 160 Å². The molecule has 1 amide bonds. The quantitative estimate of drug-likeness (QED) is 0.481. The number of hydrogen-bond acceptors (Lipinski definition) is 5. The molecule has 0 saturated carbocycles. The van der Waals surface area contributed by atoms with Crippen LogP contribution in [0.25, 0.3) is 11.3 Å². The minimum Gasteiger partial charge on any atom is -0.450 e. The molecule has 140 valence electrons. The molecule has 0 fully saturated rings. The zero-order valence-corrected chi connectivity index (χ0v) is 14.7. The number of esters is 1. The molecule has 0 bridgehead atoms. The first-order valence-electron chi connectivity index (χ1n) is 8.34. The summed E-state index contributed by atoms with van der Waals surface area (Å²) in [5.74, 6) is -1.45. The second-order valence-electron chi connectivity index (χ2n) is 5.72. The molecule has 2 aromatic carbocycles. The average Bonchev–Trinajstić information content (AvgIpc) is 3.21. The maximum absolute atomic E-state index is 13.0. The lowest BCUT2D eigenvalue weighted by molar-refractivity contribution is -0.121. The van der Waals surface area contributed by atoms with Crippen LogP contribution in [0.4, 0.5) is 10.1 Å². The highest BCUT2D eigenvalue weighted by Gasteiger charge is 2.20. The summed E-state index contributed by atoms with van der Waals surface area (Å²) in [7, 11) is 0. The van der Waals surface area contributed by atoms with Crippen LogP contribution in [-0.4, -0.2) is 25.0 Å². The van der Waals surface area contributed by atoms with Gasteiger partial charge < -0.3 is 9.15 Å². The molecule has 1 aromatic heterocycles. The van der Waals surface area contributed by atoms with Crippen molar-refractivity contribution in [1.29, 1.82) is 5.26 Å². The van der Waals surface area contributed by atoms with Crippen LogP contribution in [-0.2, 0) is 9.53 Å². The Balaban J connectivity index is 1.64. The molecule has 1 heterocycles. The number of furan rings is 1. The zero-order valence-electron chi connectivity index (χ0n) is 14.7. The molecule has 0 N–H and O–H groups in total. The van der Waals surface area contributed by atoms with Crippen LogP contribution < -0.4 is 4.90 Å². The van der Waals surface area contributed by atoms with E-state index in [4.69, 9.17) is 14.4 Å². The predicted molar refractivity (Wildman–Crippen MR) is 98.8 cm³/mol. The molecule has 0 unspecified atom stereocenters. The number of rotatable bonds is 6. The van der Waals surface area contributed by atoms with Gasteiger partial charge in [0.1, 0.15) is 18.1 Å². The Kier molecular flexibility index (Phi) is 5.82. The van der Waals surface area contributed by atoms with Gasteiger partial charge in [0.05, 0.1) is 6.07 Å². The lowest BCUT2D eigenvalue weighted by Gasteiger charge is -2.19. The van der Waals surface area contributed by atoms with Crippen LogP contribution in [0.15, 0.2) is 71.1 Å². The fraction of sp³-hybridized carbons (Fsp3) is 0.0952. The summed E-state index contributed by atoms with van der Waals surface area (Å²) in [6.07, 6.45) is 0. The molecule has 0 saturated heterocycles. The van der Waals surface area contributed by atoms with Crippen molar-refractivity contribution in [2.45, 2.75) is 0 Å². The van der Waals surface area contributed by atoms with E-state index in [2.05, 4.69) is 0 Å². The molecule has 0 radical (unpaired) electrons. The number of nitriles is 1. The van der Waals surface area contributed by atoms with Crippen LogP contribution in [0.1, 0.15) is 10.6 Å². The first-order valence-corrected chi connectivity index (χ1v) is 8.34. The van der Waals surface area contributed by atoms with Crippen molar-refractivity contribution in [2.24, 2.45) is 0 Å². The largest absolute Gasteiger partial charge is 0.450 e. The highest BCUT2D eigenvalue weighted by Crippen LogP contribution is 2.23. The van der Waals surface area contributed by atoms with E-state index in [0.717, 1.165) is 0 Å². The number of anilines is 1. The van der Waals surface area contributed by atoms with Crippen LogP contribution >= 0.6 is 0 Å². The average molecular weight is 378 g/mol. The number of halogens is 1.